The van der Waals surface area contributed by atoms with Crippen molar-refractivity contribution in [3.63, 3.8) is 0 Å². The molecule has 0 aliphatic rings. The van der Waals surface area contributed by atoms with E-state index in [9.17, 15) is 8.42 Å². The molecule has 1 aromatic heterocycles. The van der Waals surface area contributed by atoms with Gasteiger partial charge in [-0.2, -0.15) is 0 Å². The van der Waals surface area contributed by atoms with Crippen LogP contribution in [0.4, 0.5) is 0 Å². The Balaban J connectivity index is 2.25. The summed E-state index contributed by atoms with van der Waals surface area (Å²) in [5, 5.41) is 5.59. The molecule has 1 atom stereocenters. The van der Waals surface area contributed by atoms with Gasteiger partial charge in [-0.3, -0.25) is 0 Å². The van der Waals surface area contributed by atoms with E-state index in [-0.39, 0.29) is 5.75 Å². The van der Waals surface area contributed by atoms with E-state index in [1.54, 1.807) is 6.92 Å². The van der Waals surface area contributed by atoms with E-state index in [4.69, 9.17) is 0 Å². The third kappa shape index (κ3) is 7.41. The number of hydrogen-bond donors (Lipinski definition) is 1. The molecule has 0 aliphatic heterocycles. The van der Waals surface area contributed by atoms with E-state index in [1.165, 1.54) is 11.3 Å². The minimum atomic E-state index is -2.81. The molecule has 5 heteroatoms. The summed E-state index contributed by atoms with van der Waals surface area (Å²) in [6, 6.07) is 4.73. The van der Waals surface area contributed by atoms with Gasteiger partial charge >= 0.3 is 0 Å². The quantitative estimate of drug-likeness (QED) is 0.681. The van der Waals surface area contributed by atoms with Crippen LogP contribution in [0, 0.1) is 0 Å². The SMILES string of the molecule is CCNC(CCCc1cccs1)CCCS(=O)(=O)CC. The van der Waals surface area contributed by atoms with Crippen LogP contribution in [0.5, 0.6) is 0 Å². The highest BCUT2D eigenvalue weighted by Crippen LogP contribution is 2.14. The lowest BCUT2D eigenvalue weighted by atomic mass is 10.0. The minimum absolute atomic E-state index is 0.261. The molecule has 0 bridgehead atoms. The molecule has 1 unspecified atom stereocenters. The summed E-state index contributed by atoms with van der Waals surface area (Å²) in [4.78, 5) is 1.44. The molecule has 0 aliphatic carbocycles. The van der Waals surface area contributed by atoms with E-state index < -0.39 is 9.84 Å². The fraction of sp³-hybridized carbons (Fsp3) is 0.733. The molecule has 20 heavy (non-hydrogen) atoms. The van der Waals surface area contributed by atoms with E-state index in [1.807, 2.05) is 11.3 Å². The highest BCUT2D eigenvalue weighted by atomic mass is 32.2. The van der Waals surface area contributed by atoms with Gasteiger partial charge in [-0.05, 0) is 50.1 Å². The zero-order valence-electron chi connectivity index (χ0n) is 12.6. The van der Waals surface area contributed by atoms with Gasteiger partial charge in [0.2, 0.25) is 0 Å². The van der Waals surface area contributed by atoms with Gasteiger partial charge in [-0.1, -0.05) is 19.9 Å². The number of thiophene rings is 1. The Kier molecular flexibility index (Phi) is 8.41. The number of nitrogens with one attached hydrogen (secondary N) is 1. The second-order valence-corrected chi connectivity index (χ2v) is 8.61. The topological polar surface area (TPSA) is 46.2 Å². The van der Waals surface area contributed by atoms with E-state index >= 15 is 0 Å². The fourth-order valence-corrected chi connectivity index (χ4v) is 3.96. The van der Waals surface area contributed by atoms with Crippen molar-refractivity contribution in [1.82, 2.24) is 5.32 Å². The van der Waals surface area contributed by atoms with Crippen LogP contribution in [0.15, 0.2) is 17.5 Å². The van der Waals surface area contributed by atoms with Gasteiger partial charge in [-0.25, -0.2) is 8.42 Å². The largest absolute Gasteiger partial charge is 0.314 e. The second kappa shape index (κ2) is 9.53. The lowest BCUT2D eigenvalue weighted by Crippen LogP contribution is -2.29. The zero-order chi connectivity index (χ0) is 14.8. The van der Waals surface area contributed by atoms with Gasteiger partial charge in [0, 0.05) is 16.7 Å². The maximum absolute atomic E-state index is 11.5. The Morgan fingerprint density at radius 2 is 2.00 bits per heavy atom. The first-order valence-corrected chi connectivity index (χ1v) is 10.2. The van der Waals surface area contributed by atoms with Gasteiger partial charge in [0.25, 0.3) is 0 Å². The predicted molar refractivity (Wildman–Crippen MR) is 88.3 cm³/mol. The Morgan fingerprint density at radius 3 is 2.60 bits per heavy atom. The van der Waals surface area contributed by atoms with E-state index in [0.29, 0.717) is 11.8 Å². The third-order valence-electron chi connectivity index (χ3n) is 3.50. The maximum atomic E-state index is 11.5. The van der Waals surface area contributed by atoms with Crippen LogP contribution >= 0.6 is 11.3 Å². The molecule has 0 amide bonds. The smallest absolute Gasteiger partial charge is 0.150 e. The molecule has 0 spiro atoms. The summed E-state index contributed by atoms with van der Waals surface area (Å²) < 4.78 is 23.0. The van der Waals surface area contributed by atoms with E-state index in [2.05, 4.69) is 29.8 Å². The summed E-state index contributed by atoms with van der Waals surface area (Å²) in [5.74, 6) is 0.591. The van der Waals surface area contributed by atoms with Crippen LogP contribution in [0.1, 0.15) is 44.4 Å². The Morgan fingerprint density at radius 1 is 1.25 bits per heavy atom. The predicted octanol–water partition coefficient (Wildman–Crippen LogP) is 3.26. The van der Waals surface area contributed by atoms with Gasteiger partial charge < -0.3 is 5.32 Å². The monoisotopic (exact) mass is 317 g/mol. The third-order valence-corrected chi connectivity index (χ3v) is 6.22. The molecule has 0 aromatic carbocycles. The standard InChI is InChI=1S/C15H27NO2S2/c1-3-16-14(9-7-13-20(17,18)4-2)8-5-10-15-11-6-12-19-15/h6,11-12,14,16H,3-5,7-10,13H2,1-2H3. The summed E-state index contributed by atoms with van der Waals surface area (Å²) in [6.45, 7) is 4.78. The number of sulfone groups is 1. The summed E-state index contributed by atoms with van der Waals surface area (Å²) in [7, 11) is -2.81. The summed E-state index contributed by atoms with van der Waals surface area (Å²) in [6.07, 6.45) is 5.15. The summed E-state index contributed by atoms with van der Waals surface area (Å²) >= 11 is 1.81. The van der Waals surface area contributed by atoms with Crippen molar-refractivity contribution in [2.45, 2.75) is 52.0 Å². The van der Waals surface area contributed by atoms with Crippen molar-refractivity contribution in [3.8, 4) is 0 Å². The molecule has 3 nitrogen and oxygen atoms in total. The van der Waals surface area contributed by atoms with E-state index in [0.717, 1.165) is 32.2 Å². The highest BCUT2D eigenvalue weighted by molar-refractivity contribution is 7.91. The molecule has 1 aromatic rings. The lowest BCUT2D eigenvalue weighted by Gasteiger charge is -2.17. The molecular formula is C15H27NO2S2. The Bertz CT molecular complexity index is 440. The first-order chi connectivity index (χ1) is 9.57. The molecule has 1 rings (SSSR count). The Labute approximate surface area is 127 Å². The highest BCUT2D eigenvalue weighted by Gasteiger charge is 2.11. The molecule has 116 valence electrons. The molecule has 1 heterocycles. The van der Waals surface area contributed by atoms with Crippen molar-refractivity contribution < 1.29 is 8.42 Å². The van der Waals surface area contributed by atoms with Crippen LogP contribution < -0.4 is 5.32 Å². The van der Waals surface area contributed by atoms with Gasteiger partial charge in [0.1, 0.15) is 9.84 Å². The van der Waals surface area contributed by atoms with Crippen molar-refractivity contribution in [3.05, 3.63) is 22.4 Å². The average Bonchev–Trinajstić information content (AvgIpc) is 2.92. The molecular weight excluding hydrogens is 290 g/mol. The number of aryl methyl sites for hydroxylation is 1. The lowest BCUT2D eigenvalue weighted by molar-refractivity contribution is 0.447. The molecule has 1 N–H and O–H groups in total. The van der Waals surface area contributed by atoms with Gasteiger partial charge in [0.15, 0.2) is 0 Å². The van der Waals surface area contributed by atoms with Crippen LogP contribution in [-0.4, -0.2) is 32.5 Å². The molecule has 0 saturated heterocycles. The van der Waals surface area contributed by atoms with Crippen molar-refractivity contribution in [1.29, 1.82) is 0 Å². The number of rotatable bonds is 11. The van der Waals surface area contributed by atoms with Crippen LogP contribution in [-0.2, 0) is 16.3 Å². The first kappa shape index (κ1) is 17.7. The molecule has 0 fully saturated rings. The van der Waals surface area contributed by atoms with Crippen molar-refractivity contribution >= 4 is 21.2 Å². The fourth-order valence-electron chi connectivity index (χ4n) is 2.31. The Hall–Kier alpha value is -0.390. The number of hydrogen-bond acceptors (Lipinski definition) is 4. The second-order valence-electron chi connectivity index (χ2n) is 5.10. The van der Waals surface area contributed by atoms with Crippen LogP contribution in [0.3, 0.4) is 0 Å². The first-order valence-electron chi connectivity index (χ1n) is 7.53. The normalized spacial score (nSPS) is 13.5. The maximum Gasteiger partial charge on any atom is 0.150 e. The van der Waals surface area contributed by atoms with Crippen molar-refractivity contribution in [2.24, 2.45) is 0 Å². The minimum Gasteiger partial charge on any atom is -0.314 e. The average molecular weight is 318 g/mol. The molecule has 0 radical (unpaired) electrons. The zero-order valence-corrected chi connectivity index (χ0v) is 14.2. The summed E-state index contributed by atoms with van der Waals surface area (Å²) in [5.41, 5.74) is 0. The molecule has 0 saturated carbocycles. The van der Waals surface area contributed by atoms with Crippen LogP contribution in [0.2, 0.25) is 0 Å². The van der Waals surface area contributed by atoms with Gasteiger partial charge in [0.05, 0.1) is 5.75 Å². The van der Waals surface area contributed by atoms with Gasteiger partial charge in [-0.15, -0.1) is 11.3 Å². The van der Waals surface area contributed by atoms with Crippen LogP contribution in [0.25, 0.3) is 0 Å². The van der Waals surface area contributed by atoms with Crippen molar-refractivity contribution in [2.75, 3.05) is 18.1 Å².